The molecule has 0 aliphatic carbocycles. The van der Waals surface area contributed by atoms with E-state index in [0.29, 0.717) is 35.4 Å². The Labute approximate surface area is 202 Å². The Morgan fingerprint density at radius 2 is 1.66 bits per heavy atom. The average Bonchev–Trinajstić information content (AvgIpc) is 3.47. The van der Waals surface area contributed by atoms with E-state index in [9.17, 15) is 18.8 Å². The number of imide groups is 1. The van der Waals surface area contributed by atoms with Crippen molar-refractivity contribution in [1.82, 2.24) is 9.80 Å². The van der Waals surface area contributed by atoms with Crippen LogP contribution in [0, 0.1) is 5.82 Å². The van der Waals surface area contributed by atoms with Gasteiger partial charge in [0.05, 0.1) is 23.8 Å². The van der Waals surface area contributed by atoms with Crippen molar-refractivity contribution in [3.05, 3.63) is 106 Å². The second-order valence-electron chi connectivity index (χ2n) is 8.89. The maximum Gasteiger partial charge on any atom is 0.261 e. The molecule has 0 spiro atoms. The van der Waals surface area contributed by atoms with Gasteiger partial charge < -0.3 is 9.64 Å². The summed E-state index contributed by atoms with van der Waals surface area (Å²) < 4.78 is 19.5. The summed E-state index contributed by atoms with van der Waals surface area (Å²) in [6.07, 6.45) is 1.80. The molecule has 3 aromatic carbocycles. The van der Waals surface area contributed by atoms with Gasteiger partial charge in [-0.15, -0.1) is 0 Å². The number of ether oxygens (including phenoxy) is 1. The number of rotatable bonds is 7. The van der Waals surface area contributed by atoms with E-state index < -0.39 is 0 Å². The second-order valence-corrected chi connectivity index (χ2v) is 8.89. The summed E-state index contributed by atoms with van der Waals surface area (Å²) in [4.78, 5) is 41.6. The smallest absolute Gasteiger partial charge is 0.261 e. The normalized spacial score (nSPS) is 17.1. The third kappa shape index (κ3) is 4.86. The highest BCUT2D eigenvalue weighted by atomic mass is 19.1. The Balaban J connectivity index is 1.31. The van der Waals surface area contributed by atoms with Gasteiger partial charge in [0.2, 0.25) is 0 Å². The summed E-state index contributed by atoms with van der Waals surface area (Å²) in [6, 6.07) is 19.9. The number of halogens is 1. The van der Waals surface area contributed by atoms with Crippen LogP contribution < -0.4 is 0 Å². The Kier molecular flexibility index (Phi) is 6.42. The molecule has 1 fully saturated rings. The van der Waals surface area contributed by atoms with Gasteiger partial charge in [0.25, 0.3) is 17.7 Å². The van der Waals surface area contributed by atoms with E-state index in [-0.39, 0.29) is 42.7 Å². The van der Waals surface area contributed by atoms with Crippen LogP contribution in [0.3, 0.4) is 0 Å². The largest absolute Gasteiger partial charge is 0.376 e. The van der Waals surface area contributed by atoms with Crippen LogP contribution in [0.1, 0.15) is 55.0 Å². The van der Waals surface area contributed by atoms with Crippen molar-refractivity contribution >= 4 is 17.7 Å². The zero-order valence-corrected chi connectivity index (χ0v) is 19.2. The summed E-state index contributed by atoms with van der Waals surface area (Å²) in [5.41, 5.74) is 2.74. The SMILES string of the molecule is O=C(c1ccc(CN2C(=O)c3ccccc3C2=O)cc1)N(Cc1cccc(F)c1)CC1CCCO1. The first-order valence-corrected chi connectivity index (χ1v) is 11.7. The zero-order valence-electron chi connectivity index (χ0n) is 19.2. The molecule has 1 saturated heterocycles. The third-order valence-electron chi connectivity index (χ3n) is 6.42. The molecule has 6 nitrogen and oxygen atoms in total. The molecule has 0 bridgehead atoms. The highest BCUT2D eigenvalue weighted by molar-refractivity contribution is 6.21. The monoisotopic (exact) mass is 472 g/mol. The molecule has 2 aliphatic heterocycles. The first-order chi connectivity index (χ1) is 17.0. The van der Waals surface area contributed by atoms with Crippen LogP contribution in [0.5, 0.6) is 0 Å². The fourth-order valence-corrected chi connectivity index (χ4v) is 4.61. The second kappa shape index (κ2) is 9.80. The van der Waals surface area contributed by atoms with Gasteiger partial charge in [-0.2, -0.15) is 0 Å². The van der Waals surface area contributed by atoms with E-state index in [2.05, 4.69) is 0 Å². The molecule has 1 unspecified atom stereocenters. The van der Waals surface area contributed by atoms with E-state index in [1.54, 1.807) is 65.6 Å². The third-order valence-corrected chi connectivity index (χ3v) is 6.42. The Bertz CT molecular complexity index is 1230. The molecule has 0 aromatic heterocycles. The van der Waals surface area contributed by atoms with Crippen LogP contribution in [0.2, 0.25) is 0 Å². The van der Waals surface area contributed by atoms with Crippen LogP contribution in [0.4, 0.5) is 4.39 Å². The molecular weight excluding hydrogens is 447 g/mol. The van der Waals surface area contributed by atoms with Gasteiger partial charge in [0.1, 0.15) is 5.82 Å². The van der Waals surface area contributed by atoms with Gasteiger partial charge in [0, 0.05) is 25.3 Å². The van der Waals surface area contributed by atoms with Gasteiger partial charge in [-0.05, 0) is 60.4 Å². The van der Waals surface area contributed by atoms with Crippen molar-refractivity contribution in [1.29, 1.82) is 0 Å². The average molecular weight is 473 g/mol. The highest BCUT2D eigenvalue weighted by Gasteiger charge is 2.35. The minimum Gasteiger partial charge on any atom is -0.376 e. The summed E-state index contributed by atoms with van der Waals surface area (Å²) in [5, 5.41) is 0. The van der Waals surface area contributed by atoms with Gasteiger partial charge in [-0.1, -0.05) is 36.4 Å². The molecular formula is C28H25FN2O4. The maximum atomic E-state index is 13.7. The fraction of sp³-hybridized carbons (Fsp3) is 0.250. The first-order valence-electron chi connectivity index (χ1n) is 11.7. The molecule has 3 aromatic rings. The summed E-state index contributed by atoms with van der Waals surface area (Å²) >= 11 is 0. The van der Waals surface area contributed by atoms with Gasteiger partial charge in [-0.25, -0.2) is 4.39 Å². The lowest BCUT2D eigenvalue weighted by atomic mass is 10.1. The predicted octanol–water partition coefficient (Wildman–Crippen LogP) is 4.44. The van der Waals surface area contributed by atoms with Gasteiger partial charge in [0.15, 0.2) is 0 Å². The molecule has 0 saturated carbocycles. The van der Waals surface area contributed by atoms with Crippen LogP contribution >= 0.6 is 0 Å². The zero-order chi connectivity index (χ0) is 24.4. The number of nitrogens with zero attached hydrogens (tertiary/aromatic N) is 2. The van der Waals surface area contributed by atoms with Crippen molar-refractivity contribution < 1.29 is 23.5 Å². The van der Waals surface area contributed by atoms with Crippen LogP contribution in [0.25, 0.3) is 0 Å². The summed E-state index contributed by atoms with van der Waals surface area (Å²) in [5.74, 6) is -1.16. The van der Waals surface area contributed by atoms with E-state index in [1.165, 1.54) is 17.0 Å². The van der Waals surface area contributed by atoms with Crippen molar-refractivity contribution in [2.24, 2.45) is 0 Å². The van der Waals surface area contributed by atoms with Crippen molar-refractivity contribution in [3.8, 4) is 0 Å². The Hall–Kier alpha value is -3.84. The molecule has 178 valence electrons. The molecule has 2 heterocycles. The van der Waals surface area contributed by atoms with Crippen LogP contribution in [-0.4, -0.2) is 46.8 Å². The molecule has 35 heavy (non-hydrogen) atoms. The van der Waals surface area contributed by atoms with Gasteiger partial charge >= 0.3 is 0 Å². The number of hydrogen-bond acceptors (Lipinski definition) is 4. The van der Waals surface area contributed by atoms with Crippen molar-refractivity contribution in [3.63, 3.8) is 0 Å². The van der Waals surface area contributed by atoms with E-state index in [0.717, 1.165) is 18.4 Å². The lowest BCUT2D eigenvalue weighted by Crippen LogP contribution is -2.37. The summed E-state index contributed by atoms with van der Waals surface area (Å²) in [6.45, 7) is 1.50. The molecule has 3 amide bonds. The number of fused-ring (bicyclic) bond motifs is 1. The lowest BCUT2D eigenvalue weighted by molar-refractivity contribution is 0.0506. The van der Waals surface area contributed by atoms with Crippen molar-refractivity contribution in [2.45, 2.75) is 32.0 Å². The van der Waals surface area contributed by atoms with E-state index >= 15 is 0 Å². The quantitative estimate of drug-likeness (QED) is 0.477. The number of amides is 3. The number of hydrogen-bond donors (Lipinski definition) is 0. The Morgan fingerprint density at radius 3 is 2.29 bits per heavy atom. The molecule has 2 aliphatic rings. The van der Waals surface area contributed by atoms with E-state index in [4.69, 9.17) is 4.74 Å². The van der Waals surface area contributed by atoms with Gasteiger partial charge in [-0.3, -0.25) is 19.3 Å². The number of carbonyl (C=O) groups is 3. The molecule has 0 radical (unpaired) electrons. The molecule has 1 atom stereocenters. The minimum atomic E-state index is -0.343. The summed E-state index contributed by atoms with van der Waals surface area (Å²) in [7, 11) is 0. The fourth-order valence-electron chi connectivity index (χ4n) is 4.61. The predicted molar refractivity (Wildman–Crippen MR) is 127 cm³/mol. The Morgan fingerprint density at radius 1 is 0.943 bits per heavy atom. The maximum absolute atomic E-state index is 13.7. The lowest BCUT2D eigenvalue weighted by Gasteiger charge is -2.26. The van der Waals surface area contributed by atoms with Crippen LogP contribution in [0.15, 0.2) is 72.8 Å². The van der Waals surface area contributed by atoms with Crippen molar-refractivity contribution in [2.75, 3.05) is 13.2 Å². The number of carbonyl (C=O) groups excluding carboxylic acids is 3. The standard InChI is InChI=1S/C28H25FN2O4/c29-22-6-3-5-20(15-22)16-30(18-23-7-4-14-35-23)26(32)21-12-10-19(11-13-21)17-31-27(33)24-8-1-2-9-25(24)28(31)34/h1-3,5-6,8-13,15,23H,4,7,14,16-18H2. The topological polar surface area (TPSA) is 66.9 Å². The first kappa shape index (κ1) is 22.9. The highest BCUT2D eigenvalue weighted by Crippen LogP contribution is 2.25. The molecule has 7 heteroatoms. The molecule has 0 N–H and O–H groups in total. The molecule has 5 rings (SSSR count). The minimum absolute atomic E-state index is 0.0411. The van der Waals surface area contributed by atoms with E-state index in [1.807, 2.05) is 0 Å². The number of benzene rings is 3. The van der Waals surface area contributed by atoms with Crippen LogP contribution in [-0.2, 0) is 17.8 Å².